The van der Waals surface area contributed by atoms with Gasteiger partial charge in [-0.25, -0.2) is 4.79 Å². The molecular formula is C26H21NO5. The Morgan fingerprint density at radius 3 is 2.41 bits per heavy atom. The average molecular weight is 427 g/mol. The number of benzene rings is 3. The van der Waals surface area contributed by atoms with Gasteiger partial charge in [-0.1, -0.05) is 42.5 Å². The number of hydrogen-bond donors (Lipinski definition) is 1. The molecule has 1 aromatic heterocycles. The monoisotopic (exact) mass is 427 g/mol. The van der Waals surface area contributed by atoms with Crippen LogP contribution in [-0.4, -0.2) is 19.0 Å². The van der Waals surface area contributed by atoms with Gasteiger partial charge in [0.1, 0.15) is 5.76 Å². The number of anilines is 1. The number of methoxy groups -OCH3 is 1. The Morgan fingerprint density at radius 2 is 1.69 bits per heavy atom. The molecule has 0 aliphatic carbocycles. The molecular weight excluding hydrogens is 406 g/mol. The number of carbonyl (C=O) groups is 2. The molecule has 32 heavy (non-hydrogen) atoms. The van der Waals surface area contributed by atoms with E-state index in [-0.39, 0.29) is 16.6 Å². The van der Waals surface area contributed by atoms with Crippen molar-refractivity contribution in [3.8, 4) is 11.3 Å². The summed E-state index contributed by atoms with van der Waals surface area (Å²) >= 11 is 0. The summed E-state index contributed by atoms with van der Waals surface area (Å²) in [5, 5.41) is 3.15. The molecule has 0 spiro atoms. The summed E-state index contributed by atoms with van der Waals surface area (Å²) in [4.78, 5) is 38.1. The summed E-state index contributed by atoms with van der Waals surface area (Å²) in [6.45, 7) is 3.53. The molecule has 0 unspecified atom stereocenters. The largest absolute Gasteiger partial charge is 0.465 e. The predicted octanol–water partition coefficient (Wildman–Crippen LogP) is 5.12. The van der Waals surface area contributed by atoms with Crippen molar-refractivity contribution in [3.05, 3.63) is 99.2 Å². The van der Waals surface area contributed by atoms with Crippen molar-refractivity contribution < 1.29 is 18.7 Å². The van der Waals surface area contributed by atoms with Crippen LogP contribution in [0.4, 0.5) is 5.69 Å². The topological polar surface area (TPSA) is 85.6 Å². The van der Waals surface area contributed by atoms with Gasteiger partial charge in [-0.15, -0.1) is 0 Å². The van der Waals surface area contributed by atoms with Gasteiger partial charge >= 0.3 is 5.97 Å². The predicted molar refractivity (Wildman–Crippen MR) is 123 cm³/mol. The van der Waals surface area contributed by atoms with E-state index in [0.717, 1.165) is 11.1 Å². The number of fused-ring (bicyclic) bond motifs is 1. The maximum Gasteiger partial charge on any atom is 0.337 e. The smallest absolute Gasteiger partial charge is 0.337 e. The Kier molecular flexibility index (Phi) is 5.60. The molecule has 0 fully saturated rings. The zero-order chi connectivity index (χ0) is 22.8. The first-order valence-corrected chi connectivity index (χ1v) is 10.0. The first kappa shape index (κ1) is 21.1. The summed E-state index contributed by atoms with van der Waals surface area (Å²) in [5.41, 5.74) is 3.02. The fourth-order valence-corrected chi connectivity index (χ4v) is 3.54. The quantitative estimate of drug-likeness (QED) is 0.457. The molecule has 1 amide bonds. The van der Waals surface area contributed by atoms with Gasteiger partial charge in [0.2, 0.25) is 0 Å². The number of rotatable bonds is 4. The highest BCUT2D eigenvalue weighted by Crippen LogP contribution is 2.28. The van der Waals surface area contributed by atoms with Crippen LogP contribution in [0.5, 0.6) is 0 Å². The Hall–Kier alpha value is -4.19. The second-order valence-electron chi connectivity index (χ2n) is 7.41. The van der Waals surface area contributed by atoms with Crippen LogP contribution in [-0.2, 0) is 4.74 Å². The van der Waals surface area contributed by atoms with Gasteiger partial charge in [-0.05, 0) is 43.7 Å². The first-order chi connectivity index (χ1) is 15.4. The molecule has 0 radical (unpaired) electrons. The average Bonchev–Trinajstić information content (AvgIpc) is 2.82. The molecule has 4 aromatic rings. The van der Waals surface area contributed by atoms with Gasteiger partial charge in [-0.2, -0.15) is 0 Å². The van der Waals surface area contributed by atoms with Crippen molar-refractivity contribution in [2.45, 2.75) is 13.8 Å². The minimum absolute atomic E-state index is 0.191. The molecule has 4 rings (SSSR count). The third-order valence-corrected chi connectivity index (χ3v) is 5.33. The van der Waals surface area contributed by atoms with E-state index in [0.29, 0.717) is 28.0 Å². The Balaban J connectivity index is 1.82. The Bertz CT molecular complexity index is 1400. The van der Waals surface area contributed by atoms with Gasteiger partial charge in [0, 0.05) is 16.8 Å². The maximum absolute atomic E-state index is 13.2. The van der Waals surface area contributed by atoms with Gasteiger partial charge < -0.3 is 14.5 Å². The van der Waals surface area contributed by atoms with Crippen LogP contribution in [0.1, 0.15) is 31.8 Å². The van der Waals surface area contributed by atoms with Crippen molar-refractivity contribution in [1.82, 2.24) is 0 Å². The van der Waals surface area contributed by atoms with Crippen LogP contribution >= 0.6 is 0 Å². The number of esters is 1. The van der Waals surface area contributed by atoms with E-state index in [9.17, 15) is 14.4 Å². The maximum atomic E-state index is 13.2. The summed E-state index contributed by atoms with van der Waals surface area (Å²) < 4.78 is 10.9. The molecule has 1 heterocycles. The highest BCUT2D eigenvalue weighted by molar-refractivity contribution is 6.12. The lowest BCUT2D eigenvalue weighted by Crippen LogP contribution is -2.16. The molecule has 3 aromatic carbocycles. The van der Waals surface area contributed by atoms with Crippen LogP contribution in [0.3, 0.4) is 0 Å². The lowest BCUT2D eigenvalue weighted by molar-refractivity contribution is 0.0600. The van der Waals surface area contributed by atoms with Gasteiger partial charge in [-0.3, -0.25) is 9.59 Å². The zero-order valence-electron chi connectivity index (χ0n) is 17.9. The number of carbonyl (C=O) groups excluding carboxylic acids is 2. The SMILES string of the molecule is COC(=O)c1ccc(C)c(NC(=O)c2cccc3c(=O)c(C)c(-c4ccccc4)oc23)c1. The fourth-order valence-electron chi connectivity index (χ4n) is 3.54. The second kappa shape index (κ2) is 8.51. The third kappa shape index (κ3) is 3.78. The molecule has 1 N–H and O–H groups in total. The van der Waals surface area contributed by atoms with E-state index < -0.39 is 11.9 Å². The van der Waals surface area contributed by atoms with Gasteiger partial charge in [0.05, 0.1) is 23.6 Å². The van der Waals surface area contributed by atoms with Crippen LogP contribution in [0.15, 0.2) is 75.9 Å². The van der Waals surface area contributed by atoms with Crippen LogP contribution < -0.4 is 10.7 Å². The van der Waals surface area contributed by atoms with E-state index in [4.69, 9.17) is 9.15 Å². The van der Waals surface area contributed by atoms with Crippen molar-refractivity contribution in [2.24, 2.45) is 0 Å². The number of hydrogen-bond acceptors (Lipinski definition) is 5. The van der Waals surface area contributed by atoms with Crippen molar-refractivity contribution in [3.63, 3.8) is 0 Å². The highest BCUT2D eigenvalue weighted by Gasteiger charge is 2.19. The first-order valence-electron chi connectivity index (χ1n) is 10.0. The zero-order valence-corrected chi connectivity index (χ0v) is 17.9. The minimum atomic E-state index is -0.500. The molecule has 0 saturated heterocycles. The molecule has 0 aliphatic heterocycles. The standard InChI is InChI=1S/C26H21NO5/c1-15-12-13-18(26(30)31-3)14-21(15)27-25(29)20-11-7-10-19-22(28)16(2)23(32-24(19)20)17-8-5-4-6-9-17/h4-14H,1-3H3,(H,27,29). The molecule has 0 aliphatic rings. The molecule has 0 bridgehead atoms. The summed E-state index contributed by atoms with van der Waals surface area (Å²) in [6, 6.07) is 19.1. The minimum Gasteiger partial charge on any atom is -0.465 e. The van der Waals surface area contributed by atoms with E-state index >= 15 is 0 Å². The van der Waals surface area contributed by atoms with Crippen LogP contribution in [0.25, 0.3) is 22.3 Å². The highest BCUT2D eigenvalue weighted by atomic mass is 16.5. The fraction of sp³-hybridized carbons (Fsp3) is 0.115. The van der Waals surface area contributed by atoms with Gasteiger partial charge in [0.25, 0.3) is 5.91 Å². The summed E-state index contributed by atoms with van der Waals surface area (Å²) in [5.74, 6) is -0.529. The second-order valence-corrected chi connectivity index (χ2v) is 7.41. The van der Waals surface area contributed by atoms with E-state index in [2.05, 4.69) is 5.32 Å². The number of nitrogens with one attached hydrogen (secondary N) is 1. The normalized spacial score (nSPS) is 10.7. The van der Waals surface area contributed by atoms with Gasteiger partial charge in [0.15, 0.2) is 11.0 Å². The Labute approximate surface area is 184 Å². The van der Waals surface area contributed by atoms with Crippen LogP contribution in [0, 0.1) is 13.8 Å². The number of ether oxygens (including phenoxy) is 1. The van der Waals surface area contributed by atoms with Crippen molar-refractivity contribution >= 4 is 28.5 Å². The van der Waals surface area contributed by atoms with Crippen molar-refractivity contribution in [1.29, 1.82) is 0 Å². The summed E-state index contributed by atoms with van der Waals surface area (Å²) in [6.07, 6.45) is 0. The number of para-hydroxylation sites is 1. The molecule has 0 saturated carbocycles. The molecule has 160 valence electrons. The van der Waals surface area contributed by atoms with Crippen molar-refractivity contribution in [2.75, 3.05) is 12.4 Å². The molecule has 0 atom stereocenters. The Morgan fingerprint density at radius 1 is 0.938 bits per heavy atom. The lowest BCUT2D eigenvalue weighted by Gasteiger charge is -2.12. The van der Waals surface area contributed by atoms with E-state index in [1.165, 1.54) is 7.11 Å². The number of aryl methyl sites for hydroxylation is 1. The lowest BCUT2D eigenvalue weighted by atomic mass is 10.0. The summed E-state index contributed by atoms with van der Waals surface area (Å²) in [7, 11) is 1.30. The van der Waals surface area contributed by atoms with E-state index in [1.54, 1.807) is 43.3 Å². The molecule has 6 heteroatoms. The van der Waals surface area contributed by atoms with Crippen LogP contribution in [0.2, 0.25) is 0 Å². The number of amides is 1. The molecule has 6 nitrogen and oxygen atoms in total. The van der Waals surface area contributed by atoms with E-state index in [1.807, 2.05) is 37.3 Å². The third-order valence-electron chi connectivity index (χ3n) is 5.33.